The van der Waals surface area contributed by atoms with Gasteiger partial charge in [0.1, 0.15) is 5.03 Å². The molecule has 0 spiro atoms. The van der Waals surface area contributed by atoms with Gasteiger partial charge in [-0.15, -0.1) is 0 Å². The molecule has 2 aromatic heterocycles. The van der Waals surface area contributed by atoms with Crippen LogP contribution in [0.4, 0.5) is 0 Å². The first kappa shape index (κ1) is 14.3. The first-order valence-electron chi connectivity index (χ1n) is 5.99. The Morgan fingerprint density at radius 2 is 2.11 bits per heavy atom. The number of rotatable bonds is 3. The van der Waals surface area contributed by atoms with Crippen molar-refractivity contribution < 1.29 is 4.52 Å². The summed E-state index contributed by atoms with van der Waals surface area (Å²) in [6.45, 7) is 8.15. The molecule has 0 aliphatic rings. The van der Waals surface area contributed by atoms with E-state index in [1.807, 2.05) is 19.1 Å². The van der Waals surface area contributed by atoms with Crippen LogP contribution in [-0.2, 0) is 5.41 Å². The van der Waals surface area contributed by atoms with Crippen molar-refractivity contribution in [3.05, 3.63) is 35.1 Å². The third-order valence-electron chi connectivity index (χ3n) is 2.47. The zero-order valence-electron chi connectivity index (χ0n) is 11.3. The lowest BCUT2D eigenvalue weighted by molar-refractivity contribution is 0.364. The Kier molecular flexibility index (Phi) is 4.16. The number of pyridine rings is 1. The maximum atomic E-state index is 6.08. The Morgan fingerprint density at radius 3 is 2.68 bits per heavy atom. The van der Waals surface area contributed by atoms with Crippen molar-refractivity contribution in [3.8, 4) is 0 Å². The number of hydrogen-bond acceptors (Lipinski definition) is 5. The van der Waals surface area contributed by atoms with Gasteiger partial charge in [0.25, 0.3) is 0 Å². The van der Waals surface area contributed by atoms with Crippen LogP contribution in [0, 0.1) is 0 Å². The molecule has 0 aliphatic carbocycles. The van der Waals surface area contributed by atoms with Gasteiger partial charge in [-0.05, 0) is 19.1 Å². The predicted molar refractivity (Wildman–Crippen MR) is 76.5 cm³/mol. The molecule has 0 radical (unpaired) electrons. The highest BCUT2D eigenvalue weighted by molar-refractivity contribution is 7.99. The van der Waals surface area contributed by atoms with E-state index in [9.17, 15) is 0 Å². The Bertz CT molecular complexity index is 565. The minimum absolute atomic E-state index is 0.0102. The molecule has 1 atom stereocenters. The van der Waals surface area contributed by atoms with E-state index in [0.717, 1.165) is 5.03 Å². The van der Waals surface area contributed by atoms with Gasteiger partial charge in [0.15, 0.2) is 5.82 Å². The lowest BCUT2D eigenvalue weighted by Crippen LogP contribution is -2.13. The SMILES string of the molecule is CC(Sc1ncccc1Cl)c1nc(C(C)(C)C)no1. The van der Waals surface area contributed by atoms with E-state index in [0.29, 0.717) is 16.7 Å². The minimum Gasteiger partial charge on any atom is -0.338 e. The molecular formula is C13H16ClN3OS. The van der Waals surface area contributed by atoms with Gasteiger partial charge in [-0.1, -0.05) is 49.3 Å². The average molecular weight is 298 g/mol. The summed E-state index contributed by atoms with van der Waals surface area (Å²) in [5.41, 5.74) is -0.116. The van der Waals surface area contributed by atoms with Gasteiger partial charge in [-0.25, -0.2) is 4.98 Å². The van der Waals surface area contributed by atoms with Crippen LogP contribution in [-0.4, -0.2) is 15.1 Å². The summed E-state index contributed by atoms with van der Waals surface area (Å²) in [6.07, 6.45) is 1.72. The Labute approximate surface area is 122 Å². The van der Waals surface area contributed by atoms with Gasteiger partial charge < -0.3 is 4.52 Å². The zero-order chi connectivity index (χ0) is 14.0. The van der Waals surface area contributed by atoms with Crippen molar-refractivity contribution in [2.75, 3.05) is 0 Å². The first-order valence-corrected chi connectivity index (χ1v) is 7.25. The number of halogens is 1. The van der Waals surface area contributed by atoms with Crippen molar-refractivity contribution >= 4 is 23.4 Å². The topological polar surface area (TPSA) is 51.8 Å². The largest absolute Gasteiger partial charge is 0.338 e. The Morgan fingerprint density at radius 1 is 1.37 bits per heavy atom. The second kappa shape index (κ2) is 5.51. The van der Waals surface area contributed by atoms with Crippen molar-refractivity contribution in [2.45, 2.75) is 43.4 Å². The molecular weight excluding hydrogens is 282 g/mol. The molecule has 0 bridgehead atoms. The molecule has 0 N–H and O–H groups in total. The van der Waals surface area contributed by atoms with Crippen molar-refractivity contribution in [1.82, 2.24) is 15.1 Å². The van der Waals surface area contributed by atoms with E-state index in [-0.39, 0.29) is 10.7 Å². The monoisotopic (exact) mass is 297 g/mol. The molecule has 1 unspecified atom stereocenters. The smallest absolute Gasteiger partial charge is 0.239 e. The van der Waals surface area contributed by atoms with Crippen LogP contribution < -0.4 is 0 Å². The number of hydrogen-bond donors (Lipinski definition) is 0. The predicted octanol–water partition coefficient (Wildman–Crippen LogP) is 4.27. The fourth-order valence-corrected chi connectivity index (χ4v) is 2.47. The van der Waals surface area contributed by atoms with E-state index in [1.54, 1.807) is 6.20 Å². The third kappa shape index (κ3) is 3.48. The maximum absolute atomic E-state index is 6.08. The highest BCUT2D eigenvalue weighted by atomic mass is 35.5. The maximum Gasteiger partial charge on any atom is 0.239 e. The molecule has 6 heteroatoms. The van der Waals surface area contributed by atoms with Crippen LogP contribution in [0.3, 0.4) is 0 Å². The van der Waals surface area contributed by atoms with Crippen molar-refractivity contribution in [2.24, 2.45) is 0 Å². The molecule has 0 amide bonds. The molecule has 0 aromatic carbocycles. The summed E-state index contributed by atoms with van der Waals surface area (Å²) in [7, 11) is 0. The van der Waals surface area contributed by atoms with Gasteiger partial charge >= 0.3 is 0 Å². The van der Waals surface area contributed by atoms with E-state index >= 15 is 0 Å². The van der Waals surface area contributed by atoms with Gasteiger partial charge in [0, 0.05) is 11.6 Å². The van der Waals surface area contributed by atoms with Gasteiger partial charge in [0.2, 0.25) is 5.89 Å². The van der Waals surface area contributed by atoms with Crippen LogP contribution in [0.5, 0.6) is 0 Å². The fourth-order valence-electron chi connectivity index (χ4n) is 1.38. The minimum atomic E-state index is -0.116. The normalized spacial score (nSPS) is 13.5. The molecule has 2 aromatic rings. The lowest BCUT2D eigenvalue weighted by atomic mass is 9.96. The average Bonchev–Trinajstić information content (AvgIpc) is 2.81. The highest BCUT2D eigenvalue weighted by Crippen LogP contribution is 2.36. The van der Waals surface area contributed by atoms with Crippen molar-refractivity contribution in [3.63, 3.8) is 0 Å². The summed E-state index contributed by atoms with van der Waals surface area (Å²) < 4.78 is 5.31. The molecule has 4 nitrogen and oxygen atoms in total. The second-order valence-electron chi connectivity index (χ2n) is 5.26. The molecule has 2 heterocycles. The van der Waals surface area contributed by atoms with Gasteiger partial charge in [-0.3, -0.25) is 0 Å². The molecule has 2 rings (SSSR count). The lowest BCUT2D eigenvalue weighted by Gasteiger charge is -2.11. The summed E-state index contributed by atoms with van der Waals surface area (Å²) in [4.78, 5) is 8.68. The fraction of sp³-hybridized carbons (Fsp3) is 0.462. The van der Waals surface area contributed by atoms with Gasteiger partial charge in [-0.2, -0.15) is 4.98 Å². The van der Waals surface area contributed by atoms with Crippen LogP contribution >= 0.6 is 23.4 Å². The first-order chi connectivity index (χ1) is 8.88. The van der Waals surface area contributed by atoms with E-state index in [1.165, 1.54) is 11.8 Å². The summed E-state index contributed by atoms with van der Waals surface area (Å²) in [5, 5.41) is 5.43. The van der Waals surface area contributed by atoms with Crippen LogP contribution in [0.15, 0.2) is 27.9 Å². The Hall–Kier alpha value is -1.07. The van der Waals surface area contributed by atoms with E-state index in [4.69, 9.17) is 16.1 Å². The number of nitrogens with zero attached hydrogens (tertiary/aromatic N) is 3. The quantitative estimate of drug-likeness (QED) is 0.792. The van der Waals surface area contributed by atoms with E-state index in [2.05, 4.69) is 35.9 Å². The molecule has 0 saturated heterocycles. The highest BCUT2D eigenvalue weighted by Gasteiger charge is 2.24. The summed E-state index contributed by atoms with van der Waals surface area (Å²) in [5.74, 6) is 1.30. The number of aromatic nitrogens is 3. The Balaban J connectivity index is 2.15. The molecule has 102 valence electrons. The summed E-state index contributed by atoms with van der Waals surface area (Å²) >= 11 is 7.59. The second-order valence-corrected chi connectivity index (χ2v) is 6.99. The standard InChI is InChI=1S/C13H16ClN3OS/c1-8(19-11-9(14)6-5-7-15-11)10-16-12(17-18-10)13(2,3)4/h5-8H,1-4H3. The van der Waals surface area contributed by atoms with Crippen LogP contribution in [0.2, 0.25) is 5.02 Å². The van der Waals surface area contributed by atoms with Crippen LogP contribution in [0.25, 0.3) is 0 Å². The van der Waals surface area contributed by atoms with Crippen molar-refractivity contribution in [1.29, 1.82) is 0 Å². The molecule has 0 fully saturated rings. The number of thioether (sulfide) groups is 1. The zero-order valence-corrected chi connectivity index (χ0v) is 12.9. The molecule has 0 saturated carbocycles. The molecule has 0 aliphatic heterocycles. The van der Waals surface area contributed by atoms with E-state index < -0.39 is 0 Å². The summed E-state index contributed by atoms with van der Waals surface area (Å²) in [6, 6.07) is 3.62. The molecule has 19 heavy (non-hydrogen) atoms. The third-order valence-corrected chi connectivity index (χ3v) is 3.99. The van der Waals surface area contributed by atoms with Gasteiger partial charge in [0.05, 0.1) is 10.3 Å². The van der Waals surface area contributed by atoms with Crippen LogP contribution in [0.1, 0.15) is 44.7 Å².